The van der Waals surface area contributed by atoms with Crippen LogP contribution in [0.2, 0.25) is 0 Å². The van der Waals surface area contributed by atoms with Crippen LogP contribution in [0.3, 0.4) is 0 Å². The standard InChI is InChI=1S/C32H40N4O2.H2/c1-8-30(37)36-19-24-15-27(36)20-35(18-24)29-17-33-12-11-28(29)25-9-10-26(21(2)14-25)16-34-31(38)22(3)13-23(4)32(5,6)7;/h8-14,17,24,27H,1,3,15-16,18-20H2,2,4-7H3,(H,34,38);1H/b23-13+;. The number of anilines is 1. The maximum absolute atomic E-state index is 12.6. The summed E-state index contributed by atoms with van der Waals surface area (Å²) in [6.07, 6.45) is 8.10. The summed E-state index contributed by atoms with van der Waals surface area (Å²) < 4.78 is 0. The molecule has 2 unspecified atom stereocenters. The van der Waals surface area contributed by atoms with Gasteiger partial charge in [-0.2, -0.15) is 0 Å². The van der Waals surface area contributed by atoms with Gasteiger partial charge in [-0.3, -0.25) is 14.6 Å². The normalized spacial score (nSPS) is 19.3. The van der Waals surface area contributed by atoms with E-state index in [1.54, 1.807) is 0 Å². The number of nitrogens with zero attached hydrogens (tertiary/aromatic N) is 3. The van der Waals surface area contributed by atoms with Crippen LogP contribution in [0.25, 0.3) is 11.1 Å². The Morgan fingerprint density at radius 1 is 1.21 bits per heavy atom. The van der Waals surface area contributed by atoms with E-state index in [0.717, 1.165) is 59.6 Å². The molecule has 2 amide bonds. The lowest BCUT2D eigenvalue weighted by atomic mass is 9.86. The molecule has 0 saturated carbocycles. The molecule has 38 heavy (non-hydrogen) atoms. The van der Waals surface area contributed by atoms with E-state index < -0.39 is 0 Å². The Balaban J connectivity index is 0.00000420. The Morgan fingerprint density at radius 2 is 1.97 bits per heavy atom. The average molecular weight is 515 g/mol. The van der Waals surface area contributed by atoms with Crippen LogP contribution in [-0.2, 0) is 16.1 Å². The van der Waals surface area contributed by atoms with Crippen molar-refractivity contribution < 1.29 is 11.0 Å². The fraction of sp³-hybridized carbons (Fsp3) is 0.406. The van der Waals surface area contributed by atoms with Gasteiger partial charge in [0.2, 0.25) is 5.91 Å². The Bertz CT molecular complexity index is 1290. The van der Waals surface area contributed by atoms with Gasteiger partial charge >= 0.3 is 0 Å². The highest BCUT2D eigenvalue weighted by atomic mass is 16.2. The number of nitrogens with one attached hydrogen (secondary N) is 1. The molecule has 202 valence electrons. The molecule has 2 saturated heterocycles. The highest BCUT2D eigenvalue weighted by molar-refractivity contribution is 5.95. The first-order chi connectivity index (χ1) is 18.0. The lowest BCUT2D eigenvalue weighted by Gasteiger charge is -2.35. The van der Waals surface area contributed by atoms with Gasteiger partial charge in [0.05, 0.1) is 11.9 Å². The number of fused-ring (bicyclic) bond motifs is 2. The highest BCUT2D eigenvalue weighted by Crippen LogP contribution is 2.37. The number of allylic oxidation sites excluding steroid dienone is 1. The molecule has 2 fully saturated rings. The molecule has 1 aromatic heterocycles. The van der Waals surface area contributed by atoms with E-state index in [1.165, 1.54) is 6.08 Å². The molecule has 2 atom stereocenters. The van der Waals surface area contributed by atoms with E-state index in [4.69, 9.17) is 0 Å². The van der Waals surface area contributed by atoms with Crippen LogP contribution in [0.15, 0.2) is 73.1 Å². The van der Waals surface area contributed by atoms with Gasteiger partial charge in [0.25, 0.3) is 5.91 Å². The van der Waals surface area contributed by atoms with Gasteiger partial charge in [-0.25, -0.2) is 0 Å². The Morgan fingerprint density at radius 3 is 2.66 bits per heavy atom. The molecule has 4 rings (SSSR count). The van der Waals surface area contributed by atoms with Crippen molar-refractivity contribution in [1.29, 1.82) is 0 Å². The van der Waals surface area contributed by atoms with Crippen LogP contribution >= 0.6 is 0 Å². The summed E-state index contributed by atoms with van der Waals surface area (Å²) >= 11 is 0. The van der Waals surface area contributed by atoms with Gasteiger partial charge < -0.3 is 15.1 Å². The zero-order chi connectivity index (χ0) is 27.6. The predicted molar refractivity (Wildman–Crippen MR) is 157 cm³/mol. The van der Waals surface area contributed by atoms with Crippen molar-refractivity contribution in [3.05, 3.63) is 84.2 Å². The van der Waals surface area contributed by atoms with Crippen LogP contribution < -0.4 is 10.2 Å². The van der Waals surface area contributed by atoms with Crippen molar-refractivity contribution in [2.75, 3.05) is 24.5 Å². The number of hydrogen-bond acceptors (Lipinski definition) is 4. The number of piperidine rings is 1. The number of carbonyl (C=O) groups is 2. The minimum absolute atomic E-state index is 0. The molecule has 1 N–H and O–H groups in total. The Hall–Kier alpha value is -3.67. The van der Waals surface area contributed by atoms with E-state index in [0.29, 0.717) is 18.0 Å². The van der Waals surface area contributed by atoms with E-state index in [9.17, 15) is 9.59 Å². The monoisotopic (exact) mass is 514 g/mol. The number of amides is 2. The highest BCUT2D eigenvalue weighted by Gasteiger charge is 2.40. The molecular weight excluding hydrogens is 472 g/mol. The lowest BCUT2D eigenvalue weighted by molar-refractivity contribution is -0.126. The number of benzene rings is 1. The van der Waals surface area contributed by atoms with E-state index in [-0.39, 0.29) is 24.7 Å². The van der Waals surface area contributed by atoms with Crippen LogP contribution in [-0.4, -0.2) is 47.4 Å². The second-order valence-corrected chi connectivity index (χ2v) is 11.7. The fourth-order valence-electron chi connectivity index (χ4n) is 5.32. The minimum atomic E-state index is -0.155. The summed E-state index contributed by atoms with van der Waals surface area (Å²) in [5.74, 6) is 0.320. The minimum Gasteiger partial charge on any atom is -0.367 e. The maximum Gasteiger partial charge on any atom is 0.250 e. The molecule has 3 heterocycles. The first-order valence-corrected chi connectivity index (χ1v) is 13.4. The van der Waals surface area contributed by atoms with Gasteiger partial charge in [0.15, 0.2) is 0 Å². The molecule has 6 nitrogen and oxygen atoms in total. The molecule has 2 aliphatic heterocycles. The molecule has 6 heteroatoms. The molecular formula is C32H42N4O2. The zero-order valence-corrected chi connectivity index (χ0v) is 23.4. The van der Waals surface area contributed by atoms with Crippen LogP contribution in [0.5, 0.6) is 0 Å². The number of pyridine rings is 1. The third-order valence-electron chi connectivity index (χ3n) is 7.97. The summed E-state index contributed by atoms with van der Waals surface area (Å²) in [4.78, 5) is 33.7. The largest absolute Gasteiger partial charge is 0.367 e. The number of likely N-dealkylation sites (tertiary alicyclic amines) is 1. The van der Waals surface area contributed by atoms with Gasteiger partial charge in [-0.1, -0.05) is 63.8 Å². The third-order valence-corrected chi connectivity index (χ3v) is 7.97. The molecule has 1 aromatic carbocycles. The Labute approximate surface area is 228 Å². The average Bonchev–Trinajstić information content (AvgIpc) is 3.19. The maximum atomic E-state index is 12.6. The van der Waals surface area contributed by atoms with Gasteiger partial charge in [0.1, 0.15) is 0 Å². The number of carbonyl (C=O) groups excluding carboxylic acids is 2. The second kappa shape index (κ2) is 11.0. The number of rotatable bonds is 7. The number of hydrogen-bond donors (Lipinski definition) is 1. The zero-order valence-electron chi connectivity index (χ0n) is 23.4. The van der Waals surface area contributed by atoms with Crippen LogP contribution in [0, 0.1) is 18.3 Å². The lowest BCUT2D eigenvalue weighted by Crippen LogP contribution is -2.44. The van der Waals surface area contributed by atoms with Gasteiger partial charge in [-0.05, 0) is 60.4 Å². The van der Waals surface area contributed by atoms with E-state index >= 15 is 0 Å². The van der Waals surface area contributed by atoms with Gasteiger partial charge in [-0.15, -0.1) is 0 Å². The molecule has 0 radical (unpaired) electrons. The molecule has 2 bridgehead atoms. The predicted octanol–water partition coefficient (Wildman–Crippen LogP) is 5.69. The quantitative estimate of drug-likeness (QED) is 0.381. The van der Waals surface area contributed by atoms with Crippen molar-refractivity contribution in [2.24, 2.45) is 11.3 Å². The third kappa shape index (κ3) is 5.90. The summed E-state index contributed by atoms with van der Waals surface area (Å²) in [5, 5.41) is 3.01. The number of aromatic nitrogens is 1. The molecule has 0 spiro atoms. The second-order valence-electron chi connectivity index (χ2n) is 11.7. The van der Waals surface area contributed by atoms with E-state index in [1.807, 2.05) is 30.3 Å². The summed E-state index contributed by atoms with van der Waals surface area (Å²) in [6, 6.07) is 8.63. The molecule has 2 aliphatic rings. The summed E-state index contributed by atoms with van der Waals surface area (Å²) in [7, 11) is 0. The molecule has 0 aliphatic carbocycles. The summed E-state index contributed by atoms with van der Waals surface area (Å²) in [6.45, 7) is 21.0. The van der Waals surface area contributed by atoms with Crippen molar-refractivity contribution in [1.82, 2.24) is 15.2 Å². The number of aryl methyl sites for hydroxylation is 1. The van der Waals surface area contributed by atoms with Crippen LogP contribution in [0.4, 0.5) is 5.69 Å². The fourth-order valence-corrected chi connectivity index (χ4v) is 5.32. The van der Waals surface area contributed by atoms with Crippen molar-refractivity contribution >= 4 is 17.5 Å². The van der Waals surface area contributed by atoms with Crippen molar-refractivity contribution in [3.8, 4) is 11.1 Å². The summed E-state index contributed by atoms with van der Waals surface area (Å²) in [5.41, 5.74) is 7.09. The van der Waals surface area contributed by atoms with Crippen molar-refractivity contribution in [2.45, 2.75) is 53.6 Å². The SMILES string of the molecule is C=CC(=O)N1CC2CC1CN(c1cnccc1-c1ccc(CNC(=O)C(=C)/C=C(\C)C(C)(C)C)c(C)c1)C2.[HH]. The van der Waals surface area contributed by atoms with Crippen LogP contribution in [0.1, 0.15) is 46.7 Å². The van der Waals surface area contributed by atoms with Crippen molar-refractivity contribution in [3.63, 3.8) is 0 Å². The van der Waals surface area contributed by atoms with E-state index in [2.05, 4.69) is 80.3 Å². The Kier molecular flexibility index (Phi) is 7.91. The first kappa shape index (κ1) is 27.4. The topological polar surface area (TPSA) is 65.5 Å². The smallest absolute Gasteiger partial charge is 0.250 e. The molecule has 2 aromatic rings. The first-order valence-electron chi connectivity index (χ1n) is 13.4. The van der Waals surface area contributed by atoms with Gasteiger partial charge in [0, 0.05) is 51.0 Å².